The predicted molar refractivity (Wildman–Crippen MR) is 100 cm³/mol. The van der Waals surface area contributed by atoms with Crippen LogP contribution in [-0.2, 0) is 10.2 Å². The largest absolute Gasteiger partial charge is 0.381 e. The number of rotatable bonds is 5. The second-order valence-electron chi connectivity index (χ2n) is 6.50. The summed E-state index contributed by atoms with van der Waals surface area (Å²) in [5.41, 5.74) is 1.14. The minimum Gasteiger partial charge on any atom is -0.381 e. The molecule has 1 N–H and O–H groups in total. The summed E-state index contributed by atoms with van der Waals surface area (Å²) in [6, 6.07) is 15.5. The van der Waals surface area contributed by atoms with E-state index in [9.17, 15) is 4.79 Å². The Labute approximate surface area is 156 Å². The SMILES string of the molecule is O=C(NCC1(c2cccs2)CCOCC1)c1cc(-c2ccccc2)on1. The van der Waals surface area contributed by atoms with Crippen molar-refractivity contribution in [2.75, 3.05) is 19.8 Å². The Kier molecular flexibility index (Phi) is 4.86. The molecule has 1 aliphatic heterocycles. The first-order valence-corrected chi connectivity index (χ1v) is 9.57. The number of thiophene rings is 1. The first kappa shape index (κ1) is 17.0. The number of amides is 1. The summed E-state index contributed by atoms with van der Waals surface area (Å²) >= 11 is 1.74. The van der Waals surface area contributed by atoms with Crippen molar-refractivity contribution in [3.8, 4) is 11.3 Å². The van der Waals surface area contributed by atoms with E-state index in [0.29, 0.717) is 18.0 Å². The van der Waals surface area contributed by atoms with Crippen LogP contribution in [0.3, 0.4) is 0 Å². The first-order chi connectivity index (χ1) is 12.8. The number of carbonyl (C=O) groups excluding carboxylic acids is 1. The molecule has 1 aromatic carbocycles. The highest BCUT2D eigenvalue weighted by Gasteiger charge is 2.36. The number of hydrogen-bond donors (Lipinski definition) is 1. The quantitative estimate of drug-likeness (QED) is 0.742. The minimum atomic E-state index is -0.210. The first-order valence-electron chi connectivity index (χ1n) is 8.69. The summed E-state index contributed by atoms with van der Waals surface area (Å²) in [4.78, 5) is 13.9. The van der Waals surface area contributed by atoms with Gasteiger partial charge in [0.1, 0.15) is 0 Å². The van der Waals surface area contributed by atoms with Gasteiger partial charge < -0.3 is 14.6 Å². The lowest BCUT2D eigenvalue weighted by Crippen LogP contribution is -2.44. The van der Waals surface area contributed by atoms with Crippen molar-refractivity contribution in [3.05, 3.63) is 64.5 Å². The Morgan fingerprint density at radius 3 is 2.69 bits per heavy atom. The van der Waals surface area contributed by atoms with Crippen LogP contribution in [0.4, 0.5) is 0 Å². The molecule has 5 nitrogen and oxygen atoms in total. The van der Waals surface area contributed by atoms with E-state index in [-0.39, 0.29) is 11.3 Å². The summed E-state index contributed by atoms with van der Waals surface area (Å²) in [6.45, 7) is 2.01. The third-order valence-electron chi connectivity index (χ3n) is 4.88. The van der Waals surface area contributed by atoms with Crippen LogP contribution >= 0.6 is 11.3 Å². The lowest BCUT2D eigenvalue weighted by atomic mass is 9.78. The number of nitrogens with one attached hydrogen (secondary N) is 1. The van der Waals surface area contributed by atoms with Gasteiger partial charge in [0, 0.05) is 41.7 Å². The summed E-state index contributed by atoms with van der Waals surface area (Å²) < 4.78 is 10.9. The lowest BCUT2D eigenvalue weighted by molar-refractivity contribution is 0.0498. The summed E-state index contributed by atoms with van der Waals surface area (Å²) in [5.74, 6) is 0.383. The fraction of sp³-hybridized carbons (Fsp3) is 0.300. The number of carbonyl (C=O) groups is 1. The molecule has 0 unspecified atom stereocenters. The van der Waals surface area contributed by atoms with Gasteiger partial charge in [-0.25, -0.2) is 0 Å². The Morgan fingerprint density at radius 1 is 1.15 bits per heavy atom. The highest BCUT2D eigenvalue weighted by Crippen LogP contribution is 2.37. The van der Waals surface area contributed by atoms with Gasteiger partial charge in [0.2, 0.25) is 0 Å². The fourth-order valence-electron chi connectivity index (χ4n) is 3.31. The third-order valence-corrected chi connectivity index (χ3v) is 6.00. The molecular weight excluding hydrogens is 348 g/mol. The van der Waals surface area contributed by atoms with Gasteiger partial charge in [-0.1, -0.05) is 41.6 Å². The highest BCUT2D eigenvalue weighted by atomic mass is 32.1. The van der Waals surface area contributed by atoms with Gasteiger partial charge in [-0.15, -0.1) is 11.3 Å². The van der Waals surface area contributed by atoms with Crippen LogP contribution in [0.2, 0.25) is 0 Å². The van der Waals surface area contributed by atoms with E-state index >= 15 is 0 Å². The van der Waals surface area contributed by atoms with Gasteiger partial charge in [-0.05, 0) is 24.3 Å². The molecule has 4 rings (SSSR count). The summed E-state index contributed by atoms with van der Waals surface area (Å²) in [7, 11) is 0. The molecule has 1 aliphatic rings. The lowest BCUT2D eigenvalue weighted by Gasteiger charge is -2.36. The van der Waals surface area contributed by atoms with E-state index in [2.05, 4.69) is 28.0 Å². The maximum Gasteiger partial charge on any atom is 0.273 e. The van der Waals surface area contributed by atoms with Crippen molar-refractivity contribution in [1.29, 1.82) is 0 Å². The van der Waals surface area contributed by atoms with Gasteiger partial charge in [0.25, 0.3) is 5.91 Å². The van der Waals surface area contributed by atoms with Gasteiger partial charge in [-0.2, -0.15) is 0 Å². The maximum atomic E-state index is 12.6. The monoisotopic (exact) mass is 368 g/mol. The second kappa shape index (κ2) is 7.43. The highest BCUT2D eigenvalue weighted by molar-refractivity contribution is 7.10. The van der Waals surface area contributed by atoms with Crippen molar-refractivity contribution >= 4 is 17.2 Å². The normalized spacial score (nSPS) is 16.3. The molecule has 0 radical (unpaired) electrons. The van der Waals surface area contributed by atoms with Crippen LogP contribution in [0.1, 0.15) is 28.2 Å². The standard InChI is InChI=1S/C20H20N2O3S/c23-19(16-13-17(25-22-16)15-5-2-1-3-6-15)21-14-20(8-10-24-11-9-20)18-7-4-12-26-18/h1-7,12-13H,8-11,14H2,(H,21,23). The number of hydrogen-bond acceptors (Lipinski definition) is 5. The Morgan fingerprint density at radius 2 is 1.96 bits per heavy atom. The maximum absolute atomic E-state index is 12.6. The fourth-order valence-corrected chi connectivity index (χ4v) is 4.30. The number of nitrogens with zero attached hydrogens (tertiary/aromatic N) is 1. The van der Waals surface area contributed by atoms with E-state index in [1.54, 1.807) is 17.4 Å². The molecule has 2 aromatic heterocycles. The van der Waals surface area contributed by atoms with Crippen molar-refractivity contribution in [1.82, 2.24) is 10.5 Å². The van der Waals surface area contributed by atoms with Crippen molar-refractivity contribution < 1.29 is 14.1 Å². The van der Waals surface area contributed by atoms with Crippen LogP contribution in [0.5, 0.6) is 0 Å². The van der Waals surface area contributed by atoms with E-state index in [1.807, 2.05) is 30.3 Å². The van der Waals surface area contributed by atoms with Crippen LogP contribution in [-0.4, -0.2) is 30.8 Å². The minimum absolute atomic E-state index is 0.0614. The third kappa shape index (κ3) is 3.43. The Hall–Kier alpha value is -2.44. The van der Waals surface area contributed by atoms with Crippen LogP contribution in [0.25, 0.3) is 11.3 Å². The Bertz CT molecular complexity index is 852. The number of benzene rings is 1. The smallest absolute Gasteiger partial charge is 0.273 e. The van der Waals surface area contributed by atoms with Gasteiger partial charge in [0.05, 0.1) is 0 Å². The van der Waals surface area contributed by atoms with Crippen molar-refractivity contribution in [2.24, 2.45) is 0 Å². The molecule has 0 saturated carbocycles. The van der Waals surface area contributed by atoms with Crippen LogP contribution < -0.4 is 5.32 Å². The van der Waals surface area contributed by atoms with E-state index in [4.69, 9.17) is 9.26 Å². The van der Waals surface area contributed by atoms with Gasteiger partial charge >= 0.3 is 0 Å². The molecule has 134 valence electrons. The molecule has 0 aliphatic carbocycles. The van der Waals surface area contributed by atoms with E-state index in [0.717, 1.165) is 31.6 Å². The summed E-state index contributed by atoms with van der Waals surface area (Å²) in [5, 5.41) is 9.07. The zero-order valence-corrected chi connectivity index (χ0v) is 15.1. The Balaban J connectivity index is 1.47. The average molecular weight is 368 g/mol. The molecule has 6 heteroatoms. The molecule has 3 aromatic rings. The summed E-state index contributed by atoms with van der Waals surface area (Å²) in [6.07, 6.45) is 1.81. The molecule has 1 fully saturated rings. The number of ether oxygens (including phenoxy) is 1. The van der Waals surface area contributed by atoms with Crippen LogP contribution in [0.15, 0.2) is 58.4 Å². The molecule has 3 heterocycles. The van der Waals surface area contributed by atoms with Crippen molar-refractivity contribution in [3.63, 3.8) is 0 Å². The molecule has 26 heavy (non-hydrogen) atoms. The zero-order chi connectivity index (χ0) is 17.8. The molecule has 0 atom stereocenters. The second-order valence-corrected chi connectivity index (χ2v) is 7.44. The van der Waals surface area contributed by atoms with Gasteiger partial charge in [0.15, 0.2) is 11.5 Å². The molecule has 1 amide bonds. The molecule has 0 bridgehead atoms. The van der Waals surface area contributed by atoms with Crippen LogP contribution in [0, 0.1) is 0 Å². The average Bonchev–Trinajstić information content (AvgIpc) is 3.40. The predicted octanol–water partition coefficient (Wildman–Crippen LogP) is 3.88. The zero-order valence-electron chi connectivity index (χ0n) is 14.3. The van der Waals surface area contributed by atoms with E-state index < -0.39 is 0 Å². The molecule has 0 spiro atoms. The molecular formula is C20H20N2O3S. The molecule has 1 saturated heterocycles. The van der Waals surface area contributed by atoms with Crippen molar-refractivity contribution in [2.45, 2.75) is 18.3 Å². The van der Waals surface area contributed by atoms with Gasteiger partial charge in [-0.3, -0.25) is 4.79 Å². The number of aromatic nitrogens is 1. The van der Waals surface area contributed by atoms with E-state index in [1.165, 1.54) is 4.88 Å². The topological polar surface area (TPSA) is 64.4 Å².